The van der Waals surface area contributed by atoms with Crippen LogP contribution in [0.5, 0.6) is 0 Å². The Kier molecular flexibility index (Phi) is 12.8. The number of methoxy groups -OCH3 is 1. The molecule has 0 saturated heterocycles. The van der Waals surface area contributed by atoms with Gasteiger partial charge in [-0.25, -0.2) is 0 Å². The van der Waals surface area contributed by atoms with E-state index in [-0.39, 0.29) is 28.3 Å². The molecule has 0 aromatic rings. The van der Waals surface area contributed by atoms with Crippen LogP contribution in [-0.2, 0) is 18.4 Å². The molecule has 0 spiro atoms. The summed E-state index contributed by atoms with van der Waals surface area (Å²) in [5.41, 5.74) is 4.60. The molecule has 264 valence electrons. The molecule has 46 heavy (non-hydrogen) atoms. The number of carbonyl (C=O) groups excluding carboxylic acids is 1. The molecule has 4 nitrogen and oxygen atoms in total. The minimum Gasteiger partial charge on any atom is -0.469 e. The predicted molar refractivity (Wildman–Crippen MR) is 201 cm³/mol. The van der Waals surface area contributed by atoms with Crippen molar-refractivity contribution in [2.45, 2.75) is 175 Å². The minimum absolute atomic E-state index is 0.0124. The largest absolute Gasteiger partial charge is 0.469 e. The molecule has 0 bridgehead atoms. The first-order valence-corrected chi connectivity index (χ1v) is 24.4. The van der Waals surface area contributed by atoms with Crippen LogP contribution < -0.4 is 0 Å². The van der Waals surface area contributed by atoms with Crippen LogP contribution in [-0.4, -0.2) is 41.9 Å². The van der Waals surface area contributed by atoms with Crippen LogP contribution in [0.25, 0.3) is 0 Å². The average molecular weight is 673 g/mol. The highest BCUT2D eigenvalue weighted by Crippen LogP contribution is 2.60. The summed E-state index contributed by atoms with van der Waals surface area (Å²) >= 11 is 0. The quantitative estimate of drug-likeness (QED) is 0.124. The summed E-state index contributed by atoms with van der Waals surface area (Å²) in [5.74, 6) is 2.48. The third kappa shape index (κ3) is 8.79. The maximum atomic E-state index is 11.9. The van der Waals surface area contributed by atoms with E-state index in [1.54, 1.807) is 5.57 Å². The summed E-state index contributed by atoms with van der Waals surface area (Å²) in [6, 6.07) is 0. The van der Waals surface area contributed by atoms with Crippen molar-refractivity contribution in [3.05, 3.63) is 35.5 Å². The van der Waals surface area contributed by atoms with Gasteiger partial charge in [0, 0.05) is 6.42 Å². The SMILES string of the molecule is C=C1[C@H](O[Si](C)(C)C(C)(C)C)CC(=C/C=C2\CCC[C@]3(C)[C@@H]([C@H](C)[C@@H](CC)CCC(=O)OC)CC[C@@H]23)C[C@H]1O[Si](C)(C)C(C)(C)C. The Balaban J connectivity index is 1.88. The maximum absolute atomic E-state index is 11.9. The van der Waals surface area contributed by atoms with Gasteiger partial charge in [0.05, 0.1) is 19.3 Å². The molecule has 0 aliphatic heterocycles. The van der Waals surface area contributed by atoms with Gasteiger partial charge in [-0.05, 0) is 122 Å². The zero-order chi connectivity index (χ0) is 34.9. The molecule has 0 amide bonds. The Morgan fingerprint density at radius 3 is 2.00 bits per heavy atom. The lowest BCUT2D eigenvalue weighted by Crippen LogP contribution is -2.49. The molecule has 3 aliphatic carbocycles. The molecule has 0 heterocycles. The van der Waals surface area contributed by atoms with Gasteiger partial charge in [-0.3, -0.25) is 4.79 Å². The van der Waals surface area contributed by atoms with Gasteiger partial charge in [0.25, 0.3) is 0 Å². The summed E-state index contributed by atoms with van der Waals surface area (Å²) in [6.07, 6.45) is 15.9. The maximum Gasteiger partial charge on any atom is 0.305 e. The summed E-state index contributed by atoms with van der Waals surface area (Å²) in [4.78, 5) is 11.9. The van der Waals surface area contributed by atoms with Crippen LogP contribution in [0.4, 0.5) is 0 Å². The van der Waals surface area contributed by atoms with E-state index in [1.807, 2.05) is 0 Å². The van der Waals surface area contributed by atoms with Gasteiger partial charge < -0.3 is 13.6 Å². The van der Waals surface area contributed by atoms with Crippen LogP contribution in [0.1, 0.15) is 127 Å². The Hall–Kier alpha value is -0.956. The van der Waals surface area contributed by atoms with Gasteiger partial charge in [-0.1, -0.05) is 98.6 Å². The zero-order valence-electron chi connectivity index (χ0n) is 32.5. The van der Waals surface area contributed by atoms with E-state index in [0.717, 1.165) is 31.3 Å². The van der Waals surface area contributed by atoms with Crippen LogP contribution in [0.2, 0.25) is 36.3 Å². The Morgan fingerprint density at radius 2 is 1.52 bits per heavy atom. The van der Waals surface area contributed by atoms with Crippen molar-refractivity contribution in [2.75, 3.05) is 7.11 Å². The summed E-state index contributed by atoms with van der Waals surface area (Å²) in [6.45, 7) is 35.4. The normalized spacial score (nSPS) is 30.3. The second kappa shape index (κ2) is 14.9. The van der Waals surface area contributed by atoms with Crippen molar-refractivity contribution < 1.29 is 18.4 Å². The number of hydrogen-bond donors (Lipinski definition) is 0. The summed E-state index contributed by atoms with van der Waals surface area (Å²) in [7, 11) is -2.47. The topological polar surface area (TPSA) is 44.8 Å². The molecule has 3 aliphatic rings. The fourth-order valence-electron chi connectivity index (χ4n) is 8.41. The predicted octanol–water partition coefficient (Wildman–Crippen LogP) is 11.8. The van der Waals surface area contributed by atoms with E-state index in [1.165, 1.54) is 44.8 Å². The van der Waals surface area contributed by atoms with Gasteiger partial charge in [0.2, 0.25) is 0 Å². The first kappa shape index (κ1) is 39.5. The van der Waals surface area contributed by atoms with Gasteiger partial charge >= 0.3 is 5.97 Å². The Labute approximate surface area is 286 Å². The van der Waals surface area contributed by atoms with E-state index in [0.29, 0.717) is 35.5 Å². The standard InChI is InChI=1S/C40H72O4Si2/c1-16-31(21-24-37(41)42-11)28(2)33-22-23-34-32(18-17-25-40(33,34)10)20-19-30-26-35(43-45(12,13)38(4,5)6)29(3)36(27-30)44-46(14,15)39(7,8)9/h19-20,28,31,33-36H,3,16-18,21-27H2,1-2,4-15H3/b32-20+/t28-,31+,33-,34+,35-,36-,40-/m1/s1. The third-order valence-electron chi connectivity index (χ3n) is 13.6. The molecule has 0 radical (unpaired) electrons. The molecule has 0 aromatic heterocycles. The number of fused-ring (bicyclic) bond motifs is 1. The number of esters is 1. The summed E-state index contributed by atoms with van der Waals surface area (Å²) in [5, 5.41) is 0.288. The highest BCUT2D eigenvalue weighted by Gasteiger charge is 2.51. The lowest BCUT2D eigenvalue weighted by Gasteiger charge is -2.46. The van der Waals surface area contributed by atoms with Crippen molar-refractivity contribution >= 4 is 22.6 Å². The highest BCUT2D eigenvalue weighted by molar-refractivity contribution is 6.74. The van der Waals surface area contributed by atoms with Crippen molar-refractivity contribution in [1.82, 2.24) is 0 Å². The molecule has 6 heteroatoms. The first-order valence-electron chi connectivity index (χ1n) is 18.6. The van der Waals surface area contributed by atoms with E-state index >= 15 is 0 Å². The molecule has 0 aromatic carbocycles. The van der Waals surface area contributed by atoms with Crippen LogP contribution in [0.3, 0.4) is 0 Å². The smallest absolute Gasteiger partial charge is 0.305 e. The fourth-order valence-corrected chi connectivity index (χ4v) is 11.0. The van der Waals surface area contributed by atoms with Crippen LogP contribution >= 0.6 is 0 Å². The minimum atomic E-state index is -1.99. The van der Waals surface area contributed by atoms with Crippen LogP contribution in [0.15, 0.2) is 35.5 Å². The third-order valence-corrected chi connectivity index (χ3v) is 22.6. The van der Waals surface area contributed by atoms with Crippen LogP contribution in [0, 0.1) is 29.1 Å². The van der Waals surface area contributed by atoms with Gasteiger partial charge in [-0.2, -0.15) is 0 Å². The molecule has 0 N–H and O–H groups in total. The molecule has 3 fully saturated rings. The first-order chi connectivity index (χ1) is 21.1. The molecule has 3 saturated carbocycles. The second-order valence-corrected chi connectivity index (χ2v) is 28.0. The number of ether oxygens (including phenoxy) is 1. The molecular weight excluding hydrogens is 601 g/mol. The van der Waals surface area contributed by atoms with E-state index in [4.69, 9.17) is 13.6 Å². The van der Waals surface area contributed by atoms with Crippen molar-refractivity contribution in [2.24, 2.45) is 29.1 Å². The van der Waals surface area contributed by atoms with Crippen molar-refractivity contribution in [3.8, 4) is 0 Å². The number of carbonyl (C=O) groups is 1. The van der Waals surface area contributed by atoms with E-state index < -0.39 is 16.6 Å². The van der Waals surface area contributed by atoms with Gasteiger partial charge in [0.15, 0.2) is 16.6 Å². The van der Waals surface area contributed by atoms with Gasteiger partial charge in [0.1, 0.15) is 0 Å². The molecule has 7 atom stereocenters. The Bertz CT molecular complexity index is 1090. The van der Waals surface area contributed by atoms with E-state index in [9.17, 15) is 4.79 Å². The second-order valence-electron chi connectivity index (χ2n) is 18.5. The molecule has 0 unspecified atom stereocenters. The number of allylic oxidation sites excluding steroid dienone is 3. The number of rotatable bonds is 11. The number of hydrogen-bond acceptors (Lipinski definition) is 4. The summed E-state index contributed by atoms with van der Waals surface area (Å²) < 4.78 is 19.2. The average Bonchev–Trinajstić information content (AvgIpc) is 3.30. The van der Waals surface area contributed by atoms with Gasteiger partial charge in [-0.15, -0.1) is 0 Å². The van der Waals surface area contributed by atoms with Crippen molar-refractivity contribution in [1.29, 1.82) is 0 Å². The monoisotopic (exact) mass is 672 g/mol. The zero-order valence-corrected chi connectivity index (χ0v) is 34.5. The Morgan fingerprint density at radius 1 is 0.978 bits per heavy atom. The lowest BCUT2D eigenvalue weighted by molar-refractivity contribution is -0.141. The fraction of sp³-hybridized carbons (Fsp3) is 0.825. The molecular formula is C40H72O4Si2. The highest BCUT2D eigenvalue weighted by atomic mass is 28.4. The van der Waals surface area contributed by atoms with E-state index in [2.05, 4.69) is 107 Å². The lowest BCUT2D eigenvalue weighted by atomic mass is 9.59. The van der Waals surface area contributed by atoms with Crippen molar-refractivity contribution in [3.63, 3.8) is 0 Å². The molecule has 3 rings (SSSR count).